The van der Waals surface area contributed by atoms with E-state index in [2.05, 4.69) is 15.2 Å². The molecule has 2 aromatic rings. The first-order valence-electron chi connectivity index (χ1n) is 3.91. The topological polar surface area (TPSA) is 124 Å². The second-order valence-electron chi connectivity index (χ2n) is 2.74. The van der Waals surface area contributed by atoms with Gasteiger partial charge in [0.05, 0.1) is 0 Å². The Morgan fingerprint density at radius 2 is 2.15 bits per heavy atom. The van der Waals surface area contributed by atoms with Crippen LogP contribution in [-0.2, 0) is 6.42 Å². The predicted octanol–water partition coefficient (Wildman–Crippen LogP) is -1.28. The third kappa shape index (κ3) is 1.09. The summed E-state index contributed by atoms with van der Waals surface area (Å²) in [5.74, 6) is 1.05. The van der Waals surface area contributed by atoms with Gasteiger partial charge in [0.25, 0.3) is 0 Å². The van der Waals surface area contributed by atoms with Crippen LogP contribution in [-0.4, -0.2) is 26.4 Å². The molecule has 0 aliphatic rings. The molecule has 0 atom stereocenters. The molecule has 7 heteroatoms. The summed E-state index contributed by atoms with van der Waals surface area (Å²) in [5, 5.41) is 6.85. The van der Waals surface area contributed by atoms with Gasteiger partial charge in [-0.05, 0) is 6.54 Å². The van der Waals surface area contributed by atoms with E-state index in [0.29, 0.717) is 35.9 Å². The fraction of sp³-hybridized carbons (Fsp3) is 0.333. The number of rotatable bonds is 2. The highest BCUT2D eigenvalue weighted by molar-refractivity contribution is 5.75. The largest absolute Gasteiger partial charge is 0.393 e. The first kappa shape index (κ1) is 7.87. The van der Waals surface area contributed by atoms with Crippen molar-refractivity contribution >= 4 is 17.2 Å². The van der Waals surface area contributed by atoms with Gasteiger partial charge in [-0.3, -0.25) is 5.10 Å². The number of hydrogen-bond acceptors (Lipinski definition) is 5. The molecule has 2 heterocycles. The van der Waals surface area contributed by atoms with Gasteiger partial charge in [-0.15, -0.1) is 5.10 Å². The van der Waals surface area contributed by atoms with Gasteiger partial charge in [-0.1, -0.05) is 0 Å². The van der Waals surface area contributed by atoms with Crippen molar-refractivity contribution in [3.63, 3.8) is 0 Å². The average Bonchev–Trinajstić information content (AvgIpc) is 2.56. The highest BCUT2D eigenvalue weighted by atomic mass is 15.5. The Labute approximate surface area is 73.9 Å². The Kier molecular flexibility index (Phi) is 1.59. The first-order valence-corrected chi connectivity index (χ1v) is 3.91. The van der Waals surface area contributed by atoms with Gasteiger partial charge in [-0.2, -0.15) is 4.63 Å². The third-order valence-corrected chi connectivity index (χ3v) is 1.78. The molecular formula is C6H11N7. The van der Waals surface area contributed by atoms with Crippen molar-refractivity contribution < 1.29 is 0 Å². The number of fused-ring (bicyclic) bond motifs is 1. The number of aromatic amines is 1. The number of H-pyrrole nitrogens is 1. The van der Waals surface area contributed by atoms with E-state index >= 15 is 0 Å². The van der Waals surface area contributed by atoms with E-state index in [-0.39, 0.29) is 0 Å². The summed E-state index contributed by atoms with van der Waals surface area (Å²) in [6, 6.07) is 0. The van der Waals surface area contributed by atoms with Gasteiger partial charge in [0.2, 0.25) is 5.65 Å². The SMILES string of the molecule is NCCc1nc2c(N)c(N)[nH]n2n1. The minimum absolute atomic E-state index is 0.384. The lowest BCUT2D eigenvalue weighted by Gasteiger charge is -1.88. The maximum atomic E-state index is 5.64. The van der Waals surface area contributed by atoms with Crippen molar-refractivity contribution in [3.8, 4) is 0 Å². The van der Waals surface area contributed by atoms with Crippen molar-refractivity contribution in [3.05, 3.63) is 5.82 Å². The minimum Gasteiger partial charge on any atom is -0.393 e. The van der Waals surface area contributed by atoms with Gasteiger partial charge in [0.1, 0.15) is 11.5 Å². The summed E-state index contributed by atoms with van der Waals surface area (Å²) in [6.45, 7) is 0.516. The van der Waals surface area contributed by atoms with Crippen molar-refractivity contribution in [1.29, 1.82) is 0 Å². The Morgan fingerprint density at radius 3 is 2.77 bits per heavy atom. The minimum atomic E-state index is 0.384. The molecular weight excluding hydrogens is 170 g/mol. The molecule has 0 unspecified atom stereocenters. The third-order valence-electron chi connectivity index (χ3n) is 1.78. The molecule has 0 fully saturated rings. The number of nitrogens with zero attached hydrogens (tertiary/aromatic N) is 3. The molecule has 2 rings (SSSR count). The van der Waals surface area contributed by atoms with E-state index in [0.717, 1.165) is 0 Å². The normalized spacial score (nSPS) is 11.2. The molecule has 7 N–H and O–H groups in total. The monoisotopic (exact) mass is 181 g/mol. The molecule has 0 aliphatic heterocycles. The molecule has 70 valence electrons. The van der Waals surface area contributed by atoms with Crippen LogP contribution in [0, 0.1) is 0 Å². The summed E-state index contributed by atoms with van der Waals surface area (Å²) in [6.07, 6.45) is 0.634. The standard InChI is InChI=1S/C6H11N7/c7-2-1-3-10-6-4(8)5(9)12-13(6)11-3/h12H,1-2,7-9H2. The second kappa shape index (κ2) is 2.63. The Balaban J connectivity index is 2.52. The molecule has 0 aromatic carbocycles. The summed E-state index contributed by atoms with van der Waals surface area (Å²) < 4.78 is 1.45. The summed E-state index contributed by atoms with van der Waals surface area (Å²) in [4.78, 5) is 4.16. The number of anilines is 2. The molecule has 0 aliphatic carbocycles. The molecule has 0 amide bonds. The van der Waals surface area contributed by atoms with E-state index < -0.39 is 0 Å². The van der Waals surface area contributed by atoms with Gasteiger partial charge in [0.15, 0.2) is 5.82 Å². The van der Waals surface area contributed by atoms with Crippen molar-refractivity contribution in [2.45, 2.75) is 6.42 Å². The molecule has 0 saturated heterocycles. The van der Waals surface area contributed by atoms with Crippen LogP contribution >= 0.6 is 0 Å². The van der Waals surface area contributed by atoms with Crippen LogP contribution < -0.4 is 17.2 Å². The predicted molar refractivity (Wildman–Crippen MR) is 48.9 cm³/mol. The summed E-state index contributed by atoms with van der Waals surface area (Å²) in [5.41, 5.74) is 17.5. The lowest BCUT2D eigenvalue weighted by molar-refractivity contribution is 0.779. The highest BCUT2D eigenvalue weighted by Crippen LogP contribution is 2.17. The lowest BCUT2D eigenvalue weighted by atomic mass is 10.4. The number of hydrogen-bond donors (Lipinski definition) is 4. The molecule has 0 spiro atoms. The number of nitrogens with two attached hydrogens (primary N) is 3. The van der Waals surface area contributed by atoms with E-state index in [4.69, 9.17) is 17.2 Å². The zero-order valence-electron chi connectivity index (χ0n) is 6.99. The maximum Gasteiger partial charge on any atom is 0.200 e. The van der Waals surface area contributed by atoms with Crippen LogP contribution in [0.4, 0.5) is 11.5 Å². The number of aromatic nitrogens is 4. The van der Waals surface area contributed by atoms with Crippen LogP contribution in [0.15, 0.2) is 0 Å². The van der Waals surface area contributed by atoms with Crippen LogP contribution in [0.3, 0.4) is 0 Å². The molecule has 13 heavy (non-hydrogen) atoms. The highest BCUT2D eigenvalue weighted by Gasteiger charge is 2.10. The van der Waals surface area contributed by atoms with Crippen LogP contribution in [0.25, 0.3) is 5.65 Å². The first-order chi connectivity index (χ1) is 6.22. The zero-order chi connectivity index (χ0) is 9.42. The smallest absolute Gasteiger partial charge is 0.200 e. The van der Waals surface area contributed by atoms with Gasteiger partial charge in [0, 0.05) is 6.42 Å². The summed E-state index contributed by atoms with van der Waals surface area (Å²) in [7, 11) is 0. The fourth-order valence-corrected chi connectivity index (χ4v) is 1.14. The van der Waals surface area contributed by atoms with Gasteiger partial charge >= 0.3 is 0 Å². The van der Waals surface area contributed by atoms with E-state index in [1.165, 1.54) is 4.63 Å². The molecule has 2 aromatic heterocycles. The van der Waals surface area contributed by atoms with Gasteiger partial charge in [-0.25, -0.2) is 4.98 Å². The molecule has 0 bridgehead atoms. The quantitative estimate of drug-likeness (QED) is 0.459. The van der Waals surface area contributed by atoms with Crippen molar-refractivity contribution in [2.24, 2.45) is 5.73 Å². The molecule has 0 radical (unpaired) electrons. The van der Waals surface area contributed by atoms with Crippen LogP contribution in [0.5, 0.6) is 0 Å². The zero-order valence-corrected chi connectivity index (χ0v) is 6.99. The van der Waals surface area contributed by atoms with Crippen molar-refractivity contribution in [1.82, 2.24) is 19.8 Å². The summed E-state index contributed by atoms with van der Waals surface area (Å²) >= 11 is 0. The van der Waals surface area contributed by atoms with Gasteiger partial charge < -0.3 is 17.2 Å². The lowest BCUT2D eigenvalue weighted by Crippen LogP contribution is -2.04. The molecule has 7 nitrogen and oxygen atoms in total. The van der Waals surface area contributed by atoms with Crippen LogP contribution in [0.1, 0.15) is 5.82 Å². The Morgan fingerprint density at radius 1 is 1.38 bits per heavy atom. The van der Waals surface area contributed by atoms with E-state index in [1.807, 2.05) is 0 Å². The Hall–Kier alpha value is -1.76. The molecule has 0 saturated carbocycles. The number of nitrogen functional groups attached to an aromatic ring is 2. The fourth-order valence-electron chi connectivity index (χ4n) is 1.14. The van der Waals surface area contributed by atoms with E-state index in [1.54, 1.807) is 0 Å². The van der Waals surface area contributed by atoms with E-state index in [9.17, 15) is 0 Å². The number of nitrogens with one attached hydrogen (secondary N) is 1. The van der Waals surface area contributed by atoms with Crippen LogP contribution in [0.2, 0.25) is 0 Å². The maximum absolute atomic E-state index is 5.64. The average molecular weight is 181 g/mol. The van der Waals surface area contributed by atoms with Crippen molar-refractivity contribution in [2.75, 3.05) is 18.0 Å². The second-order valence-corrected chi connectivity index (χ2v) is 2.74. The Bertz CT molecular complexity index is 425.